The van der Waals surface area contributed by atoms with Gasteiger partial charge in [-0.1, -0.05) is 6.07 Å². The lowest BCUT2D eigenvalue weighted by atomic mass is 10.1. The summed E-state index contributed by atoms with van der Waals surface area (Å²) in [7, 11) is 0. The van der Waals surface area contributed by atoms with Crippen LogP contribution in [0.3, 0.4) is 0 Å². The lowest BCUT2D eigenvalue weighted by Crippen LogP contribution is -2.36. The summed E-state index contributed by atoms with van der Waals surface area (Å²) in [6.45, 7) is 1.01. The van der Waals surface area contributed by atoms with Gasteiger partial charge in [0.15, 0.2) is 11.5 Å². The van der Waals surface area contributed by atoms with Crippen molar-refractivity contribution in [3.05, 3.63) is 23.8 Å². The van der Waals surface area contributed by atoms with Gasteiger partial charge in [-0.3, -0.25) is 4.79 Å². The largest absolute Gasteiger partial charge is 0.504 e. The van der Waals surface area contributed by atoms with Gasteiger partial charge in [-0.05, 0) is 24.1 Å². The molecule has 0 bridgehead atoms. The van der Waals surface area contributed by atoms with Gasteiger partial charge < -0.3 is 25.4 Å². The van der Waals surface area contributed by atoms with Crippen LogP contribution >= 0.6 is 0 Å². The molecule has 4 N–H and O–H groups in total. The molecule has 2 rings (SSSR count). The first-order valence-electron chi connectivity index (χ1n) is 6.11. The normalized spacial score (nSPS) is 20.2. The number of carbonyl (C=O) groups excluding carboxylic acids is 1. The van der Waals surface area contributed by atoms with Crippen LogP contribution in [0.5, 0.6) is 11.5 Å². The zero-order valence-corrected chi connectivity index (χ0v) is 10.4. The number of phenolic OH excluding ortho intramolecular Hbond substituents is 2. The van der Waals surface area contributed by atoms with Crippen LogP contribution in [-0.4, -0.2) is 41.5 Å². The minimum atomic E-state index is -0.801. The summed E-state index contributed by atoms with van der Waals surface area (Å²) < 4.78 is 10.3. The summed E-state index contributed by atoms with van der Waals surface area (Å²) >= 11 is 0. The molecule has 0 saturated carbocycles. The number of nitrogens with two attached hydrogens (primary N) is 1. The monoisotopic (exact) mass is 267 g/mol. The van der Waals surface area contributed by atoms with Gasteiger partial charge in [-0.2, -0.15) is 0 Å². The summed E-state index contributed by atoms with van der Waals surface area (Å²) in [5, 5.41) is 18.5. The number of rotatable bonds is 4. The van der Waals surface area contributed by atoms with E-state index in [1.807, 2.05) is 0 Å². The molecule has 19 heavy (non-hydrogen) atoms. The van der Waals surface area contributed by atoms with E-state index in [2.05, 4.69) is 0 Å². The van der Waals surface area contributed by atoms with Gasteiger partial charge in [-0.15, -0.1) is 0 Å². The van der Waals surface area contributed by atoms with E-state index in [0.717, 1.165) is 0 Å². The predicted molar refractivity (Wildman–Crippen MR) is 66.8 cm³/mol. The molecule has 1 heterocycles. The first-order valence-corrected chi connectivity index (χ1v) is 6.11. The van der Waals surface area contributed by atoms with Gasteiger partial charge in [0.25, 0.3) is 0 Å². The molecule has 1 aliphatic heterocycles. The maximum Gasteiger partial charge on any atom is 0.323 e. The van der Waals surface area contributed by atoms with Crippen LogP contribution in [0.4, 0.5) is 0 Å². The second-order valence-corrected chi connectivity index (χ2v) is 4.56. The Hall–Kier alpha value is -1.79. The van der Waals surface area contributed by atoms with Gasteiger partial charge in [-0.25, -0.2) is 0 Å². The number of esters is 1. The van der Waals surface area contributed by atoms with Gasteiger partial charge in [0.1, 0.15) is 12.1 Å². The molecule has 0 spiro atoms. The van der Waals surface area contributed by atoms with Crippen LogP contribution < -0.4 is 5.73 Å². The number of aromatic hydroxyl groups is 2. The number of hydrogen-bond acceptors (Lipinski definition) is 6. The summed E-state index contributed by atoms with van der Waals surface area (Å²) in [4.78, 5) is 11.7. The van der Waals surface area contributed by atoms with Crippen LogP contribution in [0.15, 0.2) is 18.2 Å². The molecule has 2 unspecified atom stereocenters. The fourth-order valence-corrected chi connectivity index (χ4v) is 1.89. The Labute approximate surface area is 110 Å². The molecular weight excluding hydrogens is 250 g/mol. The average Bonchev–Trinajstić information content (AvgIpc) is 2.86. The van der Waals surface area contributed by atoms with Crippen molar-refractivity contribution in [3.63, 3.8) is 0 Å². The summed E-state index contributed by atoms with van der Waals surface area (Å²) in [6.07, 6.45) is 0.713. The first kappa shape index (κ1) is 13.6. The molecule has 104 valence electrons. The van der Waals surface area contributed by atoms with Crippen molar-refractivity contribution in [2.45, 2.75) is 25.0 Å². The van der Waals surface area contributed by atoms with E-state index in [-0.39, 0.29) is 24.0 Å². The smallest absolute Gasteiger partial charge is 0.323 e. The highest BCUT2D eigenvalue weighted by atomic mass is 16.6. The summed E-state index contributed by atoms with van der Waals surface area (Å²) in [5.41, 5.74) is 6.41. The van der Waals surface area contributed by atoms with Crippen molar-refractivity contribution in [1.82, 2.24) is 0 Å². The molecule has 0 aromatic heterocycles. The third-order valence-corrected chi connectivity index (χ3v) is 2.97. The van der Waals surface area contributed by atoms with E-state index in [0.29, 0.717) is 25.2 Å². The predicted octanol–water partition coefficient (Wildman–Crippen LogP) is 0.300. The maximum atomic E-state index is 11.7. The molecule has 6 heteroatoms. The van der Waals surface area contributed by atoms with Gasteiger partial charge >= 0.3 is 5.97 Å². The van der Waals surface area contributed by atoms with Crippen LogP contribution in [0.1, 0.15) is 12.0 Å². The Balaban J connectivity index is 1.90. The van der Waals surface area contributed by atoms with E-state index >= 15 is 0 Å². The molecule has 1 saturated heterocycles. The Kier molecular flexibility index (Phi) is 4.24. The Bertz CT molecular complexity index is 456. The van der Waals surface area contributed by atoms with Crippen molar-refractivity contribution in [2.24, 2.45) is 5.73 Å². The molecule has 0 aliphatic carbocycles. The molecule has 0 radical (unpaired) electrons. The fourth-order valence-electron chi connectivity index (χ4n) is 1.89. The van der Waals surface area contributed by atoms with E-state index in [1.165, 1.54) is 12.1 Å². The zero-order chi connectivity index (χ0) is 13.8. The molecule has 1 aromatic carbocycles. The van der Waals surface area contributed by atoms with E-state index in [9.17, 15) is 15.0 Å². The van der Waals surface area contributed by atoms with E-state index in [1.54, 1.807) is 6.07 Å². The quantitative estimate of drug-likeness (QED) is 0.535. The maximum absolute atomic E-state index is 11.7. The number of benzene rings is 1. The van der Waals surface area contributed by atoms with Crippen molar-refractivity contribution in [1.29, 1.82) is 0 Å². The van der Waals surface area contributed by atoms with Crippen molar-refractivity contribution >= 4 is 5.97 Å². The van der Waals surface area contributed by atoms with Crippen molar-refractivity contribution in [2.75, 3.05) is 13.2 Å². The average molecular weight is 267 g/mol. The Morgan fingerprint density at radius 1 is 1.47 bits per heavy atom. The van der Waals surface area contributed by atoms with Crippen LogP contribution in [0, 0.1) is 0 Å². The standard InChI is InChI=1S/C13H17NO5/c14-10(13(17)19-9-3-4-18-7-9)5-8-1-2-11(15)12(16)6-8/h1-2,6,9-10,15-16H,3-5,7,14H2. The molecule has 1 aromatic rings. The fraction of sp³-hybridized carbons (Fsp3) is 0.462. The number of ether oxygens (including phenoxy) is 2. The lowest BCUT2D eigenvalue weighted by molar-refractivity contribution is -0.150. The highest BCUT2D eigenvalue weighted by Gasteiger charge is 2.24. The van der Waals surface area contributed by atoms with E-state index in [4.69, 9.17) is 15.2 Å². The van der Waals surface area contributed by atoms with Crippen LogP contribution in [0.25, 0.3) is 0 Å². The van der Waals surface area contributed by atoms with E-state index < -0.39 is 12.0 Å². The van der Waals surface area contributed by atoms with Crippen LogP contribution in [-0.2, 0) is 20.7 Å². The molecule has 0 amide bonds. The second kappa shape index (κ2) is 5.90. The minimum Gasteiger partial charge on any atom is -0.504 e. The number of carbonyl (C=O) groups is 1. The van der Waals surface area contributed by atoms with Crippen LogP contribution in [0.2, 0.25) is 0 Å². The van der Waals surface area contributed by atoms with Crippen molar-refractivity contribution < 1.29 is 24.5 Å². The van der Waals surface area contributed by atoms with Gasteiger partial charge in [0.05, 0.1) is 13.2 Å². The van der Waals surface area contributed by atoms with Crippen molar-refractivity contribution in [3.8, 4) is 11.5 Å². The lowest BCUT2D eigenvalue weighted by Gasteiger charge is -2.15. The third kappa shape index (κ3) is 3.59. The summed E-state index contributed by atoms with van der Waals surface area (Å²) in [5.74, 6) is -0.923. The molecular formula is C13H17NO5. The summed E-state index contributed by atoms with van der Waals surface area (Å²) in [6, 6.07) is 3.53. The SMILES string of the molecule is NC(Cc1ccc(O)c(O)c1)C(=O)OC1CCOC1. The van der Waals surface area contributed by atoms with Gasteiger partial charge in [0.2, 0.25) is 0 Å². The molecule has 1 aliphatic rings. The zero-order valence-electron chi connectivity index (χ0n) is 10.4. The Morgan fingerprint density at radius 2 is 2.26 bits per heavy atom. The highest BCUT2D eigenvalue weighted by Crippen LogP contribution is 2.25. The molecule has 2 atom stereocenters. The minimum absolute atomic E-state index is 0.206. The highest BCUT2D eigenvalue weighted by molar-refractivity contribution is 5.76. The molecule has 1 fully saturated rings. The third-order valence-electron chi connectivity index (χ3n) is 2.97. The first-order chi connectivity index (χ1) is 9.06. The number of hydrogen-bond donors (Lipinski definition) is 3. The topological polar surface area (TPSA) is 102 Å². The van der Waals surface area contributed by atoms with Gasteiger partial charge in [0, 0.05) is 6.42 Å². The Morgan fingerprint density at radius 3 is 2.89 bits per heavy atom. The number of phenols is 2. The second-order valence-electron chi connectivity index (χ2n) is 4.56. The molecule has 6 nitrogen and oxygen atoms in total.